The number of hydrogen-bond donors (Lipinski definition) is 1. The third-order valence-electron chi connectivity index (χ3n) is 4.63. The van der Waals surface area contributed by atoms with Gasteiger partial charge in [-0.05, 0) is 43.0 Å². The predicted molar refractivity (Wildman–Crippen MR) is 102 cm³/mol. The number of rotatable bonds is 4. The third-order valence-corrected chi connectivity index (χ3v) is 5.46. The number of carbonyl (C=O) groups is 1. The predicted octanol–water partition coefficient (Wildman–Crippen LogP) is 3.08. The molecule has 1 unspecified atom stereocenters. The Morgan fingerprint density at radius 1 is 1.28 bits per heavy atom. The summed E-state index contributed by atoms with van der Waals surface area (Å²) in [4.78, 5) is 17.1. The number of nitriles is 1. The van der Waals surface area contributed by atoms with Crippen molar-refractivity contribution in [2.75, 3.05) is 36.4 Å². The summed E-state index contributed by atoms with van der Waals surface area (Å²) >= 11 is 1.38. The van der Waals surface area contributed by atoms with Gasteiger partial charge in [0.25, 0.3) is 0 Å². The first kappa shape index (κ1) is 17.5. The second kappa shape index (κ2) is 7.68. The maximum atomic E-state index is 12.5. The first-order valence-corrected chi connectivity index (χ1v) is 9.30. The summed E-state index contributed by atoms with van der Waals surface area (Å²) in [5.74, 6) is -0.0528. The number of anilines is 2. The van der Waals surface area contributed by atoms with Crippen molar-refractivity contribution in [3.05, 3.63) is 46.8 Å². The third kappa shape index (κ3) is 4.01. The number of aryl methyl sites for hydroxylation is 1. The monoisotopic (exact) mass is 354 g/mol. The van der Waals surface area contributed by atoms with Crippen molar-refractivity contribution in [1.29, 1.82) is 5.26 Å². The molecule has 0 bridgehead atoms. The lowest BCUT2D eigenvalue weighted by Crippen LogP contribution is -2.52. The molecule has 2 heterocycles. The van der Waals surface area contributed by atoms with E-state index in [0.717, 1.165) is 26.2 Å². The maximum absolute atomic E-state index is 12.5. The van der Waals surface area contributed by atoms with Gasteiger partial charge in [-0.3, -0.25) is 9.69 Å². The van der Waals surface area contributed by atoms with Gasteiger partial charge in [0.1, 0.15) is 11.1 Å². The van der Waals surface area contributed by atoms with Crippen molar-refractivity contribution in [3.8, 4) is 6.07 Å². The highest BCUT2D eigenvalue weighted by atomic mass is 32.1. The van der Waals surface area contributed by atoms with Crippen LogP contribution in [0.25, 0.3) is 0 Å². The Labute approximate surface area is 152 Å². The van der Waals surface area contributed by atoms with Crippen molar-refractivity contribution >= 4 is 27.9 Å². The van der Waals surface area contributed by atoms with Crippen LogP contribution in [-0.2, 0) is 4.79 Å². The van der Waals surface area contributed by atoms with E-state index < -0.39 is 0 Å². The van der Waals surface area contributed by atoms with E-state index in [-0.39, 0.29) is 11.9 Å². The van der Waals surface area contributed by atoms with E-state index in [2.05, 4.69) is 52.4 Å². The lowest BCUT2D eigenvalue weighted by molar-refractivity contribution is -0.120. The smallest absolute Gasteiger partial charge is 0.242 e. The van der Waals surface area contributed by atoms with Crippen LogP contribution in [0.3, 0.4) is 0 Å². The topological polar surface area (TPSA) is 59.4 Å². The number of nitrogens with zero attached hydrogens (tertiary/aromatic N) is 3. The molecule has 1 atom stereocenters. The van der Waals surface area contributed by atoms with Crippen LogP contribution in [0.1, 0.15) is 18.1 Å². The molecule has 0 aliphatic carbocycles. The number of carbonyl (C=O) groups excluding carboxylic acids is 1. The van der Waals surface area contributed by atoms with Gasteiger partial charge < -0.3 is 10.2 Å². The molecule has 2 aromatic rings. The van der Waals surface area contributed by atoms with Crippen molar-refractivity contribution in [1.82, 2.24) is 4.90 Å². The largest absolute Gasteiger partial charge is 0.369 e. The average molecular weight is 354 g/mol. The van der Waals surface area contributed by atoms with Crippen molar-refractivity contribution in [3.63, 3.8) is 0 Å². The highest BCUT2D eigenvalue weighted by Gasteiger charge is 2.26. The van der Waals surface area contributed by atoms with E-state index in [1.807, 2.05) is 12.3 Å². The van der Waals surface area contributed by atoms with Gasteiger partial charge in [0.05, 0.1) is 11.6 Å². The van der Waals surface area contributed by atoms with E-state index in [1.165, 1.54) is 22.6 Å². The Hall–Kier alpha value is -2.36. The number of hydrogen-bond acceptors (Lipinski definition) is 5. The van der Waals surface area contributed by atoms with Crippen LogP contribution in [0.15, 0.2) is 35.7 Å². The van der Waals surface area contributed by atoms with Crippen LogP contribution in [0, 0.1) is 18.3 Å². The van der Waals surface area contributed by atoms with Crippen LogP contribution in [0.4, 0.5) is 10.7 Å². The molecule has 1 aliphatic rings. The van der Waals surface area contributed by atoms with Crippen molar-refractivity contribution in [2.45, 2.75) is 19.9 Å². The SMILES string of the molecule is Cc1cccc(N2CCN(C(C)C(=O)Nc3sccc3C#N)CC2)c1. The van der Waals surface area contributed by atoms with E-state index in [1.54, 1.807) is 6.07 Å². The lowest BCUT2D eigenvalue weighted by Gasteiger charge is -2.38. The van der Waals surface area contributed by atoms with E-state index >= 15 is 0 Å². The van der Waals surface area contributed by atoms with Crippen molar-refractivity contribution < 1.29 is 4.79 Å². The number of benzene rings is 1. The van der Waals surface area contributed by atoms with Crippen LogP contribution in [0.5, 0.6) is 0 Å². The quantitative estimate of drug-likeness (QED) is 0.917. The lowest BCUT2D eigenvalue weighted by atomic mass is 10.1. The fourth-order valence-electron chi connectivity index (χ4n) is 3.07. The van der Waals surface area contributed by atoms with Gasteiger partial charge in [-0.25, -0.2) is 0 Å². The summed E-state index contributed by atoms with van der Waals surface area (Å²) in [7, 11) is 0. The Morgan fingerprint density at radius 3 is 2.72 bits per heavy atom. The molecule has 0 saturated carbocycles. The van der Waals surface area contributed by atoms with Crippen LogP contribution in [0.2, 0.25) is 0 Å². The number of thiophene rings is 1. The molecule has 1 saturated heterocycles. The molecule has 0 radical (unpaired) electrons. The standard InChI is InChI=1S/C19H22N4OS/c1-14-4-3-5-17(12-14)23-9-7-22(8-10-23)15(2)18(24)21-19-16(13-20)6-11-25-19/h3-6,11-12,15H,7-10H2,1-2H3,(H,21,24). The summed E-state index contributed by atoms with van der Waals surface area (Å²) in [5.41, 5.74) is 3.03. The molecule has 5 nitrogen and oxygen atoms in total. The Morgan fingerprint density at radius 2 is 2.04 bits per heavy atom. The zero-order valence-corrected chi connectivity index (χ0v) is 15.3. The fraction of sp³-hybridized carbons (Fsp3) is 0.368. The molecule has 1 amide bonds. The van der Waals surface area contributed by atoms with E-state index in [4.69, 9.17) is 5.26 Å². The number of nitrogens with one attached hydrogen (secondary N) is 1. The van der Waals surface area contributed by atoms with Gasteiger partial charge in [0, 0.05) is 31.9 Å². The molecule has 6 heteroatoms. The highest BCUT2D eigenvalue weighted by molar-refractivity contribution is 7.14. The molecule has 1 fully saturated rings. The van der Waals surface area contributed by atoms with Gasteiger partial charge in [0.2, 0.25) is 5.91 Å². The Balaban J connectivity index is 1.57. The average Bonchev–Trinajstić information content (AvgIpc) is 3.08. The summed E-state index contributed by atoms with van der Waals surface area (Å²) in [6.07, 6.45) is 0. The second-order valence-corrected chi connectivity index (χ2v) is 7.22. The Bertz CT molecular complexity index is 787. The highest BCUT2D eigenvalue weighted by Crippen LogP contribution is 2.23. The van der Waals surface area contributed by atoms with Gasteiger partial charge >= 0.3 is 0 Å². The van der Waals surface area contributed by atoms with Gasteiger partial charge in [-0.1, -0.05) is 12.1 Å². The summed E-state index contributed by atoms with van der Waals surface area (Å²) < 4.78 is 0. The van der Waals surface area contributed by atoms with Gasteiger partial charge in [-0.2, -0.15) is 5.26 Å². The van der Waals surface area contributed by atoms with Crippen LogP contribution < -0.4 is 10.2 Å². The van der Waals surface area contributed by atoms with E-state index in [9.17, 15) is 4.79 Å². The zero-order valence-electron chi connectivity index (χ0n) is 14.5. The molecule has 1 aromatic carbocycles. The Kier molecular flexibility index (Phi) is 5.37. The summed E-state index contributed by atoms with van der Waals surface area (Å²) in [6, 6.07) is 12.1. The maximum Gasteiger partial charge on any atom is 0.242 e. The molecule has 1 aliphatic heterocycles. The molecule has 1 N–H and O–H groups in total. The summed E-state index contributed by atoms with van der Waals surface area (Å²) in [6.45, 7) is 7.53. The minimum atomic E-state index is -0.215. The van der Waals surface area contributed by atoms with Crippen LogP contribution in [-0.4, -0.2) is 43.0 Å². The van der Waals surface area contributed by atoms with E-state index in [0.29, 0.717) is 10.6 Å². The molecular formula is C19H22N4OS. The fourth-order valence-corrected chi connectivity index (χ4v) is 3.81. The second-order valence-electron chi connectivity index (χ2n) is 6.30. The first-order valence-electron chi connectivity index (χ1n) is 8.42. The molecule has 1 aromatic heterocycles. The van der Waals surface area contributed by atoms with Crippen molar-refractivity contribution in [2.24, 2.45) is 0 Å². The first-order chi connectivity index (χ1) is 12.1. The molecule has 0 spiro atoms. The van der Waals surface area contributed by atoms with Crippen LogP contribution >= 0.6 is 11.3 Å². The molecule has 25 heavy (non-hydrogen) atoms. The minimum absolute atomic E-state index is 0.0528. The van der Waals surface area contributed by atoms with Gasteiger partial charge in [0.15, 0.2) is 0 Å². The molecular weight excluding hydrogens is 332 g/mol. The minimum Gasteiger partial charge on any atom is -0.369 e. The normalized spacial score (nSPS) is 16.3. The molecule has 130 valence electrons. The van der Waals surface area contributed by atoms with Gasteiger partial charge in [-0.15, -0.1) is 11.3 Å². The number of amides is 1. The molecule has 3 rings (SSSR count). The summed E-state index contributed by atoms with van der Waals surface area (Å²) in [5, 5.41) is 14.4. The zero-order chi connectivity index (χ0) is 17.8. The number of piperazine rings is 1.